The highest BCUT2D eigenvalue weighted by molar-refractivity contribution is 5.37. The summed E-state index contributed by atoms with van der Waals surface area (Å²) in [6.45, 7) is 12.0. The molecule has 1 aliphatic heterocycles. The summed E-state index contributed by atoms with van der Waals surface area (Å²) >= 11 is 0. The van der Waals surface area contributed by atoms with E-state index in [4.69, 9.17) is 4.74 Å². The maximum absolute atomic E-state index is 5.80. The molecular formula is C17H28N2O. The number of likely N-dealkylation sites (N-methyl/N-ethyl adjacent to an activating group) is 1. The van der Waals surface area contributed by atoms with Crippen LogP contribution >= 0.6 is 0 Å². The topological polar surface area (TPSA) is 24.5 Å². The summed E-state index contributed by atoms with van der Waals surface area (Å²) in [7, 11) is 0. The van der Waals surface area contributed by atoms with Gasteiger partial charge in [0.15, 0.2) is 0 Å². The van der Waals surface area contributed by atoms with Gasteiger partial charge in [-0.2, -0.15) is 0 Å². The van der Waals surface area contributed by atoms with Crippen LogP contribution in [0.1, 0.15) is 38.8 Å². The molecule has 0 saturated heterocycles. The van der Waals surface area contributed by atoms with Crippen LogP contribution in [0.3, 0.4) is 0 Å². The van der Waals surface area contributed by atoms with Gasteiger partial charge in [0.25, 0.3) is 0 Å². The van der Waals surface area contributed by atoms with Gasteiger partial charge in [0.1, 0.15) is 5.75 Å². The van der Waals surface area contributed by atoms with Crippen molar-refractivity contribution >= 4 is 0 Å². The fourth-order valence-electron chi connectivity index (χ4n) is 2.93. The molecule has 0 radical (unpaired) electrons. The van der Waals surface area contributed by atoms with E-state index in [1.54, 1.807) is 0 Å². The molecule has 1 aromatic carbocycles. The van der Waals surface area contributed by atoms with Gasteiger partial charge in [-0.1, -0.05) is 39.0 Å². The summed E-state index contributed by atoms with van der Waals surface area (Å²) in [5, 5.41) is 3.73. The van der Waals surface area contributed by atoms with Crippen LogP contribution in [0.5, 0.6) is 5.75 Å². The van der Waals surface area contributed by atoms with Crippen LogP contribution in [-0.2, 0) is 0 Å². The van der Waals surface area contributed by atoms with E-state index in [0.29, 0.717) is 12.0 Å². The molecule has 1 N–H and O–H groups in total. The Morgan fingerprint density at radius 3 is 2.80 bits per heavy atom. The molecule has 2 unspecified atom stereocenters. The molecule has 2 rings (SSSR count). The molecule has 0 aliphatic carbocycles. The third-order valence-electron chi connectivity index (χ3n) is 4.10. The Morgan fingerprint density at radius 2 is 2.05 bits per heavy atom. The lowest BCUT2D eigenvalue weighted by Gasteiger charge is -2.33. The van der Waals surface area contributed by atoms with Gasteiger partial charge in [-0.05, 0) is 25.6 Å². The van der Waals surface area contributed by atoms with E-state index in [0.717, 1.165) is 32.0 Å². The lowest BCUT2D eigenvalue weighted by atomic mass is 9.92. The minimum atomic E-state index is 0.417. The summed E-state index contributed by atoms with van der Waals surface area (Å²) in [6.07, 6.45) is 1.23. The lowest BCUT2D eigenvalue weighted by molar-refractivity contribution is 0.183. The number of nitrogens with one attached hydrogen (secondary N) is 1. The van der Waals surface area contributed by atoms with Crippen LogP contribution in [0.2, 0.25) is 0 Å². The van der Waals surface area contributed by atoms with Crippen molar-refractivity contribution in [1.29, 1.82) is 0 Å². The zero-order valence-electron chi connectivity index (χ0n) is 13.1. The minimum Gasteiger partial charge on any atom is -0.493 e. The second-order valence-corrected chi connectivity index (χ2v) is 5.69. The van der Waals surface area contributed by atoms with E-state index in [2.05, 4.69) is 49.2 Å². The van der Waals surface area contributed by atoms with E-state index in [-0.39, 0.29) is 0 Å². The third-order valence-corrected chi connectivity index (χ3v) is 4.10. The third kappa shape index (κ3) is 3.74. The van der Waals surface area contributed by atoms with E-state index in [1.807, 2.05) is 6.07 Å². The van der Waals surface area contributed by atoms with Crippen LogP contribution in [0.4, 0.5) is 0 Å². The first-order chi connectivity index (χ1) is 9.76. The highest BCUT2D eigenvalue weighted by atomic mass is 16.5. The number of benzene rings is 1. The monoisotopic (exact) mass is 276 g/mol. The molecule has 0 spiro atoms. The molecule has 0 aromatic heterocycles. The highest BCUT2D eigenvalue weighted by Crippen LogP contribution is 2.34. The molecule has 3 heteroatoms. The first kappa shape index (κ1) is 15.3. The fraction of sp³-hybridized carbons (Fsp3) is 0.647. The molecule has 1 heterocycles. The van der Waals surface area contributed by atoms with Gasteiger partial charge in [0.05, 0.1) is 6.61 Å². The number of rotatable bonds is 7. The van der Waals surface area contributed by atoms with Gasteiger partial charge in [-0.3, -0.25) is 0 Å². The van der Waals surface area contributed by atoms with Crippen molar-refractivity contribution in [3.8, 4) is 5.75 Å². The lowest BCUT2D eigenvalue weighted by Crippen LogP contribution is -2.39. The maximum Gasteiger partial charge on any atom is 0.124 e. The van der Waals surface area contributed by atoms with Crippen LogP contribution in [-0.4, -0.2) is 37.7 Å². The average Bonchev–Trinajstić information content (AvgIpc) is 2.48. The van der Waals surface area contributed by atoms with Crippen molar-refractivity contribution < 1.29 is 4.74 Å². The van der Waals surface area contributed by atoms with Crippen molar-refractivity contribution in [3.63, 3.8) is 0 Å². The molecular weight excluding hydrogens is 248 g/mol. The molecule has 0 amide bonds. The predicted molar refractivity (Wildman–Crippen MR) is 84.2 cm³/mol. The van der Waals surface area contributed by atoms with Crippen LogP contribution in [0.15, 0.2) is 24.3 Å². The standard InChI is InChI=1S/C17H28N2O/c1-4-11-19(5-2)12-10-18-17-14(3)13-20-16-9-7-6-8-15(16)17/h6-9,14,17-18H,4-5,10-13H2,1-3H3. The zero-order chi connectivity index (χ0) is 14.4. The molecule has 3 nitrogen and oxygen atoms in total. The molecule has 1 aliphatic rings. The summed E-state index contributed by atoms with van der Waals surface area (Å²) in [6, 6.07) is 8.83. The molecule has 0 fully saturated rings. The molecule has 20 heavy (non-hydrogen) atoms. The van der Waals surface area contributed by atoms with Gasteiger partial charge in [0.2, 0.25) is 0 Å². The number of hydrogen-bond donors (Lipinski definition) is 1. The van der Waals surface area contributed by atoms with Gasteiger partial charge in [-0.15, -0.1) is 0 Å². The van der Waals surface area contributed by atoms with Crippen LogP contribution in [0, 0.1) is 5.92 Å². The second kappa shape index (κ2) is 7.65. The first-order valence-corrected chi connectivity index (χ1v) is 7.93. The van der Waals surface area contributed by atoms with Crippen LogP contribution in [0.25, 0.3) is 0 Å². The number of para-hydroxylation sites is 1. The van der Waals surface area contributed by atoms with Crippen molar-refractivity contribution in [1.82, 2.24) is 10.2 Å². The normalized spacial score (nSPS) is 21.6. The fourth-order valence-corrected chi connectivity index (χ4v) is 2.93. The highest BCUT2D eigenvalue weighted by Gasteiger charge is 2.26. The Labute approximate surface area is 123 Å². The summed E-state index contributed by atoms with van der Waals surface area (Å²) in [5.41, 5.74) is 1.31. The van der Waals surface area contributed by atoms with Crippen molar-refractivity contribution in [3.05, 3.63) is 29.8 Å². The van der Waals surface area contributed by atoms with E-state index in [9.17, 15) is 0 Å². The van der Waals surface area contributed by atoms with E-state index in [1.165, 1.54) is 18.5 Å². The number of hydrogen-bond acceptors (Lipinski definition) is 3. The van der Waals surface area contributed by atoms with Crippen molar-refractivity contribution in [2.24, 2.45) is 5.92 Å². The number of nitrogens with zero attached hydrogens (tertiary/aromatic N) is 1. The Balaban J connectivity index is 1.92. The Kier molecular flexibility index (Phi) is 5.86. The van der Waals surface area contributed by atoms with Gasteiger partial charge >= 0.3 is 0 Å². The quantitative estimate of drug-likeness (QED) is 0.828. The van der Waals surface area contributed by atoms with Crippen molar-refractivity contribution in [2.75, 3.05) is 32.8 Å². The Hall–Kier alpha value is -1.06. The van der Waals surface area contributed by atoms with Gasteiger partial charge in [-0.25, -0.2) is 0 Å². The first-order valence-electron chi connectivity index (χ1n) is 7.93. The minimum absolute atomic E-state index is 0.417. The Morgan fingerprint density at radius 1 is 1.25 bits per heavy atom. The maximum atomic E-state index is 5.80. The van der Waals surface area contributed by atoms with E-state index < -0.39 is 0 Å². The number of fused-ring (bicyclic) bond motifs is 1. The molecule has 1 aromatic rings. The zero-order valence-corrected chi connectivity index (χ0v) is 13.1. The summed E-state index contributed by atoms with van der Waals surface area (Å²) < 4.78 is 5.80. The summed E-state index contributed by atoms with van der Waals surface area (Å²) in [5.74, 6) is 1.56. The largest absolute Gasteiger partial charge is 0.493 e. The second-order valence-electron chi connectivity index (χ2n) is 5.69. The Bertz CT molecular complexity index is 408. The van der Waals surface area contributed by atoms with Gasteiger partial charge < -0.3 is 15.0 Å². The van der Waals surface area contributed by atoms with Crippen molar-refractivity contribution in [2.45, 2.75) is 33.2 Å². The molecule has 0 saturated carbocycles. The average molecular weight is 276 g/mol. The van der Waals surface area contributed by atoms with Gasteiger partial charge in [0, 0.05) is 30.6 Å². The smallest absolute Gasteiger partial charge is 0.124 e. The van der Waals surface area contributed by atoms with Crippen LogP contribution < -0.4 is 10.1 Å². The molecule has 2 atom stereocenters. The summed E-state index contributed by atoms with van der Waals surface area (Å²) in [4.78, 5) is 2.50. The predicted octanol–water partition coefficient (Wildman–Crippen LogP) is 3.08. The molecule has 0 bridgehead atoms. The SMILES string of the molecule is CCCN(CC)CCNC1c2ccccc2OCC1C. The molecule has 112 valence electrons. The number of ether oxygens (including phenoxy) is 1. The van der Waals surface area contributed by atoms with E-state index >= 15 is 0 Å².